The van der Waals surface area contributed by atoms with E-state index in [2.05, 4.69) is 36.5 Å². The molecular weight excluding hydrogens is 134 g/mol. The molecule has 1 aliphatic heterocycles. The van der Waals surface area contributed by atoms with Crippen LogP contribution in [0.1, 0.15) is 14.8 Å². The zero-order valence-corrected chi connectivity index (χ0v) is 6.75. The molecule has 1 heteroatoms. The normalized spacial score (nSPS) is 30.8. The van der Waals surface area contributed by atoms with Gasteiger partial charge < -0.3 is 5.32 Å². The lowest BCUT2D eigenvalue weighted by atomic mass is 10.2. The second-order valence-electron chi connectivity index (χ2n) is 2.48. The van der Waals surface area contributed by atoms with Crippen molar-refractivity contribution in [3.8, 4) is 0 Å². The standard InChI is InChI=1S/C10H13N.H2/c1-10-6-4-2-3-5-8-11-9-7-10;/h2,4-9,11H,3H2,1H3;1H/b4-2+,8-5-,9-7+,10-6-;. The molecule has 0 saturated carbocycles. The Morgan fingerprint density at radius 3 is 3.18 bits per heavy atom. The van der Waals surface area contributed by atoms with Crippen molar-refractivity contribution >= 4 is 0 Å². The Balaban J connectivity index is 0.00000121. The molecule has 0 amide bonds. The lowest BCUT2D eigenvalue weighted by Crippen LogP contribution is -1.91. The molecule has 1 nitrogen and oxygen atoms in total. The maximum Gasteiger partial charge on any atom is 0.000694 e. The van der Waals surface area contributed by atoms with Crippen molar-refractivity contribution in [3.63, 3.8) is 0 Å². The maximum absolute atomic E-state index is 3.05. The van der Waals surface area contributed by atoms with Crippen molar-refractivity contribution in [1.82, 2.24) is 5.32 Å². The Morgan fingerprint density at radius 2 is 2.27 bits per heavy atom. The molecule has 0 aliphatic carbocycles. The molecule has 0 bridgehead atoms. The van der Waals surface area contributed by atoms with Crippen LogP contribution in [-0.4, -0.2) is 0 Å². The minimum absolute atomic E-state index is 0. The molecule has 0 unspecified atom stereocenters. The van der Waals surface area contributed by atoms with E-state index >= 15 is 0 Å². The fourth-order valence-corrected chi connectivity index (χ4v) is 0.804. The zero-order chi connectivity index (χ0) is 7.94. The Bertz CT molecular complexity index is 224. The summed E-state index contributed by atoms with van der Waals surface area (Å²) >= 11 is 0. The summed E-state index contributed by atoms with van der Waals surface area (Å²) in [7, 11) is 0. The topological polar surface area (TPSA) is 12.0 Å². The van der Waals surface area contributed by atoms with E-state index in [9.17, 15) is 0 Å². The van der Waals surface area contributed by atoms with E-state index in [0.717, 1.165) is 6.42 Å². The smallest absolute Gasteiger partial charge is 0.000694 e. The molecular formula is C10H15N. The molecule has 0 radical (unpaired) electrons. The lowest BCUT2D eigenvalue weighted by molar-refractivity contribution is 1.16. The summed E-state index contributed by atoms with van der Waals surface area (Å²) in [5.41, 5.74) is 1.25. The zero-order valence-electron chi connectivity index (χ0n) is 6.75. The molecule has 0 aromatic rings. The van der Waals surface area contributed by atoms with E-state index in [1.807, 2.05) is 18.5 Å². The summed E-state index contributed by atoms with van der Waals surface area (Å²) in [5.74, 6) is 0. The van der Waals surface area contributed by atoms with Gasteiger partial charge in [0.05, 0.1) is 0 Å². The van der Waals surface area contributed by atoms with Crippen LogP contribution in [0.4, 0.5) is 0 Å². The Morgan fingerprint density at radius 1 is 1.36 bits per heavy atom. The highest BCUT2D eigenvalue weighted by Gasteiger charge is 1.78. The van der Waals surface area contributed by atoms with Crippen LogP contribution in [-0.2, 0) is 0 Å². The third-order valence-electron chi connectivity index (χ3n) is 1.42. The van der Waals surface area contributed by atoms with Crippen LogP contribution in [0.5, 0.6) is 0 Å². The van der Waals surface area contributed by atoms with Gasteiger partial charge in [0.2, 0.25) is 0 Å². The average molecular weight is 149 g/mol. The fourth-order valence-electron chi connectivity index (χ4n) is 0.804. The highest BCUT2D eigenvalue weighted by molar-refractivity contribution is 5.22. The van der Waals surface area contributed by atoms with Crippen molar-refractivity contribution in [3.05, 3.63) is 48.4 Å². The minimum Gasteiger partial charge on any atom is -0.368 e. The summed E-state index contributed by atoms with van der Waals surface area (Å²) in [4.78, 5) is 0. The molecule has 1 aliphatic rings. The first-order chi connectivity index (χ1) is 5.39. The predicted octanol–water partition coefficient (Wildman–Crippen LogP) is 2.76. The molecule has 0 aromatic carbocycles. The molecule has 0 saturated heterocycles. The van der Waals surface area contributed by atoms with Crippen LogP contribution in [0.15, 0.2) is 48.4 Å². The molecule has 0 fully saturated rings. The molecule has 0 atom stereocenters. The molecule has 60 valence electrons. The molecule has 1 heterocycles. The molecule has 0 aromatic heterocycles. The van der Waals surface area contributed by atoms with Crippen LogP contribution in [0.3, 0.4) is 0 Å². The second-order valence-corrected chi connectivity index (χ2v) is 2.48. The van der Waals surface area contributed by atoms with Crippen molar-refractivity contribution in [2.75, 3.05) is 0 Å². The predicted molar refractivity (Wildman–Crippen MR) is 51.0 cm³/mol. The van der Waals surface area contributed by atoms with Crippen molar-refractivity contribution < 1.29 is 1.43 Å². The summed E-state index contributed by atoms with van der Waals surface area (Å²) < 4.78 is 0. The Kier molecular flexibility index (Phi) is 3.26. The van der Waals surface area contributed by atoms with E-state index in [4.69, 9.17) is 0 Å². The first-order valence-electron chi connectivity index (χ1n) is 3.80. The van der Waals surface area contributed by atoms with Gasteiger partial charge >= 0.3 is 0 Å². The SMILES string of the molecule is CC1=C/C=C/C/C=C\N\C=C\1.[HH]. The Labute approximate surface area is 69.3 Å². The summed E-state index contributed by atoms with van der Waals surface area (Å²) in [5, 5.41) is 3.05. The van der Waals surface area contributed by atoms with E-state index in [1.165, 1.54) is 5.57 Å². The van der Waals surface area contributed by atoms with Crippen LogP contribution in [0, 0.1) is 0 Å². The average Bonchev–Trinajstić information content (AvgIpc) is 2.03. The second kappa shape index (κ2) is 4.56. The van der Waals surface area contributed by atoms with Crippen molar-refractivity contribution in [2.45, 2.75) is 13.3 Å². The van der Waals surface area contributed by atoms with Gasteiger partial charge in [0, 0.05) is 7.63 Å². The van der Waals surface area contributed by atoms with Gasteiger partial charge in [-0.1, -0.05) is 24.3 Å². The van der Waals surface area contributed by atoms with Gasteiger partial charge in [-0.15, -0.1) is 0 Å². The van der Waals surface area contributed by atoms with Crippen LogP contribution < -0.4 is 5.32 Å². The van der Waals surface area contributed by atoms with Crippen LogP contribution >= 0.6 is 0 Å². The number of hydrogen-bond donors (Lipinski definition) is 1. The minimum atomic E-state index is 0. The third kappa shape index (κ3) is 3.46. The van der Waals surface area contributed by atoms with Gasteiger partial charge in [0.15, 0.2) is 0 Å². The summed E-state index contributed by atoms with van der Waals surface area (Å²) in [6.07, 6.45) is 15.3. The number of nitrogens with one attached hydrogen (secondary N) is 1. The summed E-state index contributed by atoms with van der Waals surface area (Å²) in [6.45, 7) is 2.08. The number of allylic oxidation sites excluding steroid dienone is 6. The maximum atomic E-state index is 3.05. The highest BCUT2D eigenvalue weighted by atomic mass is 14.8. The van der Waals surface area contributed by atoms with Gasteiger partial charge in [-0.05, 0) is 31.2 Å². The third-order valence-corrected chi connectivity index (χ3v) is 1.42. The fraction of sp³-hybridized carbons (Fsp3) is 0.200. The molecule has 11 heavy (non-hydrogen) atoms. The largest absolute Gasteiger partial charge is 0.368 e. The monoisotopic (exact) mass is 149 g/mol. The van der Waals surface area contributed by atoms with E-state index in [0.29, 0.717) is 0 Å². The van der Waals surface area contributed by atoms with Crippen molar-refractivity contribution in [1.29, 1.82) is 0 Å². The van der Waals surface area contributed by atoms with Gasteiger partial charge in [-0.2, -0.15) is 0 Å². The highest BCUT2D eigenvalue weighted by Crippen LogP contribution is 1.96. The van der Waals surface area contributed by atoms with Gasteiger partial charge in [-0.25, -0.2) is 0 Å². The number of hydrogen-bond acceptors (Lipinski definition) is 1. The number of rotatable bonds is 0. The van der Waals surface area contributed by atoms with Gasteiger partial charge in [-0.3, -0.25) is 0 Å². The quantitative estimate of drug-likeness (QED) is 0.558. The van der Waals surface area contributed by atoms with Crippen molar-refractivity contribution in [2.24, 2.45) is 0 Å². The molecule has 0 spiro atoms. The van der Waals surface area contributed by atoms with Crippen LogP contribution in [0.2, 0.25) is 0 Å². The lowest BCUT2D eigenvalue weighted by Gasteiger charge is -1.92. The first kappa shape index (κ1) is 7.86. The van der Waals surface area contributed by atoms with Gasteiger partial charge in [0.1, 0.15) is 0 Å². The van der Waals surface area contributed by atoms with E-state index < -0.39 is 0 Å². The van der Waals surface area contributed by atoms with E-state index in [-0.39, 0.29) is 1.43 Å². The molecule has 1 N–H and O–H groups in total. The van der Waals surface area contributed by atoms with E-state index in [1.54, 1.807) is 0 Å². The Hall–Kier alpha value is -1.24. The van der Waals surface area contributed by atoms with Crippen LogP contribution in [0.25, 0.3) is 0 Å². The van der Waals surface area contributed by atoms with Gasteiger partial charge in [0.25, 0.3) is 0 Å². The first-order valence-corrected chi connectivity index (χ1v) is 3.80. The summed E-state index contributed by atoms with van der Waals surface area (Å²) in [6, 6.07) is 0. The molecule has 1 rings (SSSR count).